The molecule has 4 heteroatoms. The number of hydrogen-bond donors (Lipinski definition) is 0. The van der Waals surface area contributed by atoms with Crippen LogP contribution >= 0.6 is 0 Å². The SMILES string of the molecule is CC[C@H]1OCC[C@@H]1[Hg][O]C(C)=O. The van der Waals surface area contributed by atoms with Gasteiger partial charge < -0.3 is 0 Å². The first-order valence-electron chi connectivity index (χ1n) is 4.49. The summed E-state index contributed by atoms with van der Waals surface area (Å²) in [6.45, 7) is 4.49. The van der Waals surface area contributed by atoms with Gasteiger partial charge in [0, 0.05) is 0 Å². The van der Waals surface area contributed by atoms with E-state index in [4.69, 9.17) is 7.38 Å². The second-order valence-electron chi connectivity index (χ2n) is 3.17. The number of hydrogen-bond acceptors (Lipinski definition) is 3. The van der Waals surface area contributed by atoms with Crippen molar-refractivity contribution in [3.63, 3.8) is 0 Å². The third-order valence-electron chi connectivity index (χ3n) is 2.25. The zero-order valence-corrected chi connectivity index (χ0v) is 13.2. The van der Waals surface area contributed by atoms with Gasteiger partial charge in [0.1, 0.15) is 0 Å². The van der Waals surface area contributed by atoms with Gasteiger partial charge in [-0.1, -0.05) is 0 Å². The zero-order valence-electron chi connectivity index (χ0n) is 7.71. The molecule has 0 spiro atoms. The van der Waals surface area contributed by atoms with E-state index in [-0.39, 0.29) is 5.97 Å². The third kappa shape index (κ3) is 3.01. The normalized spacial score (nSPS) is 28.2. The van der Waals surface area contributed by atoms with Gasteiger partial charge in [-0.05, 0) is 0 Å². The van der Waals surface area contributed by atoms with Gasteiger partial charge in [-0.2, -0.15) is 0 Å². The molecule has 1 saturated heterocycles. The van der Waals surface area contributed by atoms with E-state index in [2.05, 4.69) is 6.92 Å². The predicted molar refractivity (Wildman–Crippen MR) is 40.2 cm³/mol. The molecule has 1 aliphatic rings. The number of carbonyl (C=O) groups is 1. The second-order valence-corrected chi connectivity index (χ2v) is 9.66. The zero-order chi connectivity index (χ0) is 8.97. The van der Waals surface area contributed by atoms with Crippen LogP contribution < -0.4 is 0 Å². The molecule has 0 saturated carbocycles. The van der Waals surface area contributed by atoms with Gasteiger partial charge in [0.15, 0.2) is 0 Å². The van der Waals surface area contributed by atoms with Crippen molar-refractivity contribution in [2.24, 2.45) is 0 Å². The molecule has 1 fully saturated rings. The van der Waals surface area contributed by atoms with Gasteiger partial charge in [-0.3, -0.25) is 0 Å². The molecule has 66 valence electrons. The molecular formula is C8H14HgO3. The standard InChI is InChI=1S/C6H11O.C2H4O2.Hg/c1-2-6-4-3-5-7-6;1-2(3)4;/h4,6H,2-3,5H2,1H3;1H3,(H,3,4);/q;;+1/p-1/t6-;;/m1../s1. The summed E-state index contributed by atoms with van der Waals surface area (Å²) in [6.07, 6.45) is 2.57. The molecule has 0 bridgehead atoms. The average molecular weight is 359 g/mol. The van der Waals surface area contributed by atoms with E-state index in [1.807, 2.05) is 0 Å². The minimum absolute atomic E-state index is 0.0987. The molecule has 3 nitrogen and oxygen atoms in total. The van der Waals surface area contributed by atoms with Crippen LogP contribution in [-0.2, 0) is 37.2 Å². The van der Waals surface area contributed by atoms with Crippen LogP contribution in [0, 0.1) is 0 Å². The first-order chi connectivity index (χ1) is 5.74. The van der Waals surface area contributed by atoms with Gasteiger partial charge in [0.2, 0.25) is 0 Å². The van der Waals surface area contributed by atoms with Gasteiger partial charge in [0.25, 0.3) is 0 Å². The summed E-state index contributed by atoms with van der Waals surface area (Å²) in [5.41, 5.74) is 0. The van der Waals surface area contributed by atoms with Gasteiger partial charge in [0.05, 0.1) is 0 Å². The second kappa shape index (κ2) is 5.17. The van der Waals surface area contributed by atoms with Crippen LogP contribution in [0.5, 0.6) is 0 Å². The third-order valence-corrected chi connectivity index (χ3v) is 9.77. The van der Waals surface area contributed by atoms with Gasteiger partial charge in [-0.15, -0.1) is 0 Å². The van der Waals surface area contributed by atoms with Crippen LogP contribution in [-0.4, -0.2) is 18.7 Å². The Bertz CT molecular complexity index is 160. The topological polar surface area (TPSA) is 35.5 Å². The summed E-state index contributed by atoms with van der Waals surface area (Å²) in [7, 11) is 0. The van der Waals surface area contributed by atoms with Crippen LogP contribution in [0.25, 0.3) is 0 Å². The molecule has 0 radical (unpaired) electrons. The van der Waals surface area contributed by atoms with E-state index in [0.29, 0.717) is 9.53 Å². The van der Waals surface area contributed by atoms with Crippen molar-refractivity contribution in [1.82, 2.24) is 0 Å². The Kier molecular flexibility index (Phi) is 4.50. The molecule has 1 rings (SSSR count). The molecule has 0 amide bonds. The minimum atomic E-state index is -1.42. The summed E-state index contributed by atoms with van der Waals surface area (Å²) < 4.78 is 11.3. The Morgan fingerprint density at radius 2 is 2.50 bits per heavy atom. The predicted octanol–water partition coefficient (Wildman–Crippen LogP) is 1.53. The van der Waals surface area contributed by atoms with E-state index in [1.54, 1.807) is 0 Å². The molecule has 0 aromatic rings. The fourth-order valence-corrected chi connectivity index (χ4v) is 7.26. The first kappa shape index (κ1) is 10.4. The maximum absolute atomic E-state index is 10.6. The molecule has 1 aliphatic heterocycles. The molecule has 0 aromatic heterocycles. The van der Waals surface area contributed by atoms with Crippen molar-refractivity contribution >= 4 is 5.97 Å². The van der Waals surface area contributed by atoms with E-state index in [0.717, 1.165) is 19.4 Å². The Hall–Kier alpha value is 0.365. The molecule has 0 N–H and O–H groups in total. The van der Waals surface area contributed by atoms with Crippen molar-refractivity contribution in [3.05, 3.63) is 0 Å². The summed E-state index contributed by atoms with van der Waals surface area (Å²) in [6, 6.07) is 0. The van der Waals surface area contributed by atoms with Crippen LogP contribution in [0.4, 0.5) is 0 Å². The molecule has 0 unspecified atom stereocenters. The van der Waals surface area contributed by atoms with Crippen LogP contribution in [0.15, 0.2) is 0 Å². The summed E-state index contributed by atoms with van der Waals surface area (Å²) in [5, 5.41) is 0. The summed E-state index contributed by atoms with van der Waals surface area (Å²) in [5.74, 6) is -0.0987. The van der Waals surface area contributed by atoms with Crippen molar-refractivity contribution < 1.29 is 37.2 Å². The van der Waals surface area contributed by atoms with E-state index >= 15 is 0 Å². The van der Waals surface area contributed by atoms with E-state index in [9.17, 15) is 4.79 Å². The number of ether oxygens (including phenoxy) is 1. The van der Waals surface area contributed by atoms with Gasteiger partial charge >= 0.3 is 86.0 Å². The number of rotatable bonds is 3. The number of carbonyl (C=O) groups excluding carboxylic acids is 1. The molecule has 0 aromatic carbocycles. The monoisotopic (exact) mass is 360 g/mol. The molecular weight excluding hydrogens is 345 g/mol. The van der Waals surface area contributed by atoms with Crippen LogP contribution in [0.3, 0.4) is 0 Å². The van der Waals surface area contributed by atoms with Crippen LogP contribution in [0.2, 0.25) is 3.43 Å². The molecule has 1 heterocycles. The summed E-state index contributed by atoms with van der Waals surface area (Å²) in [4.78, 5) is 10.6. The van der Waals surface area contributed by atoms with Crippen molar-refractivity contribution in [1.29, 1.82) is 0 Å². The Morgan fingerprint density at radius 3 is 3.08 bits per heavy atom. The van der Waals surface area contributed by atoms with Gasteiger partial charge in [-0.25, -0.2) is 0 Å². The van der Waals surface area contributed by atoms with E-state index < -0.39 is 25.0 Å². The average Bonchev–Trinajstić information content (AvgIpc) is 2.47. The first-order valence-corrected chi connectivity index (χ1v) is 9.91. The summed E-state index contributed by atoms with van der Waals surface area (Å²) >= 11 is -1.42. The van der Waals surface area contributed by atoms with E-state index in [1.165, 1.54) is 6.92 Å². The molecule has 0 aliphatic carbocycles. The van der Waals surface area contributed by atoms with Crippen molar-refractivity contribution in [2.75, 3.05) is 6.61 Å². The fraction of sp³-hybridized carbons (Fsp3) is 0.875. The van der Waals surface area contributed by atoms with Crippen LogP contribution in [0.1, 0.15) is 26.7 Å². The quantitative estimate of drug-likeness (QED) is 0.718. The molecule has 12 heavy (non-hydrogen) atoms. The van der Waals surface area contributed by atoms with Crippen molar-refractivity contribution in [2.45, 2.75) is 36.2 Å². The maximum atomic E-state index is 10.6. The Labute approximate surface area is 85.9 Å². The molecule has 2 atom stereocenters. The Balaban J connectivity index is 2.26. The fourth-order valence-electron chi connectivity index (χ4n) is 1.56. The Morgan fingerprint density at radius 1 is 1.75 bits per heavy atom. The van der Waals surface area contributed by atoms with Crippen molar-refractivity contribution in [3.8, 4) is 0 Å².